The Morgan fingerprint density at radius 1 is 1.55 bits per heavy atom. The lowest BCUT2D eigenvalue weighted by atomic mass is 9.85. The molecule has 2 heterocycles. The fourth-order valence-electron chi connectivity index (χ4n) is 3.04. The van der Waals surface area contributed by atoms with Crippen LogP contribution in [0, 0.1) is 18.8 Å². The fraction of sp³-hybridized carbons (Fsp3) is 0.765. The molecule has 0 bridgehead atoms. The zero-order valence-corrected chi connectivity index (χ0v) is 14.7. The van der Waals surface area contributed by atoms with Crippen LogP contribution >= 0.6 is 11.3 Å². The largest absolute Gasteiger partial charge is 0.356 e. The molecule has 0 aliphatic carbocycles. The molecule has 1 saturated heterocycles. The number of rotatable bonds is 8. The molecular formula is C17H29N3OS. The highest BCUT2D eigenvalue weighted by atomic mass is 32.1. The average molecular weight is 324 g/mol. The predicted molar refractivity (Wildman–Crippen MR) is 92.2 cm³/mol. The Labute approximate surface area is 138 Å². The van der Waals surface area contributed by atoms with Gasteiger partial charge in [-0.15, -0.1) is 11.3 Å². The van der Waals surface area contributed by atoms with Gasteiger partial charge in [-0.1, -0.05) is 6.92 Å². The van der Waals surface area contributed by atoms with E-state index in [0.29, 0.717) is 18.3 Å². The second kappa shape index (κ2) is 9.26. The summed E-state index contributed by atoms with van der Waals surface area (Å²) in [6.07, 6.45) is 6.32. The third-order valence-corrected chi connectivity index (χ3v) is 5.48. The number of nitrogens with zero attached hydrogens (tertiary/aromatic N) is 1. The van der Waals surface area contributed by atoms with Crippen molar-refractivity contribution in [3.8, 4) is 0 Å². The Morgan fingerprint density at radius 2 is 2.41 bits per heavy atom. The van der Waals surface area contributed by atoms with Gasteiger partial charge in [-0.05, 0) is 64.0 Å². The molecule has 124 valence electrons. The minimum atomic E-state index is 0.211. The van der Waals surface area contributed by atoms with Crippen LogP contribution in [0.3, 0.4) is 0 Å². The summed E-state index contributed by atoms with van der Waals surface area (Å²) in [5, 5.41) is 9.80. The number of unbranched alkanes of at least 4 members (excludes halogenated alkanes) is 1. The van der Waals surface area contributed by atoms with Gasteiger partial charge in [0.05, 0.1) is 5.01 Å². The van der Waals surface area contributed by atoms with Crippen molar-refractivity contribution in [1.82, 2.24) is 15.6 Å². The van der Waals surface area contributed by atoms with Gasteiger partial charge < -0.3 is 10.6 Å². The van der Waals surface area contributed by atoms with Gasteiger partial charge in [-0.2, -0.15) is 0 Å². The number of carbonyl (C=O) groups excluding carboxylic acids is 1. The highest BCUT2D eigenvalue weighted by molar-refractivity contribution is 7.09. The van der Waals surface area contributed by atoms with Crippen LogP contribution < -0.4 is 10.6 Å². The van der Waals surface area contributed by atoms with Crippen molar-refractivity contribution in [1.29, 1.82) is 0 Å². The number of piperidine rings is 1. The van der Waals surface area contributed by atoms with Gasteiger partial charge in [0.1, 0.15) is 0 Å². The summed E-state index contributed by atoms with van der Waals surface area (Å²) in [5.74, 6) is 1.35. The second-order valence-electron chi connectivity index (χ2n) is 6.48. The van der Waals surface area contributed by atoms with Crippen LogP contribution in [-0.4, -0.2) is 30.5 Å². The van der Waals surface area contributed by atoms with Crippen LogP contribution in [0.1, 0.15) is 49.7 Å². The van der Waals surface area contributed by atoms with E-state index >= 15 is 0 Å². The Morgan fingerprint density at radius 3 is 3.09 bits per heavy atom. The maximum Gasteiger partial charge on any atom is 0.220 e. The normalized spacial score (nSPS) is 19.8. The van der Waals surface area contributed by atoms with E-state index in [1.165, 1.54) is 17.8 Å². The molecule has 0 spiro atoms. The van der Waals surface area contributed by atoms with Crippen LogP contribution in [-0.2, 0) is 11.2 Å². The summed E-state index contributed by atoms with van der Waals surface area (Å²) in [6.45, 7) is 7.24. The first-order chi connectivity index (χ1) is 10.6. The average Bonchev–Trinajstić information content (AvgIpc) is 2.93. The monoisotopic (exact) mass is 323 g/mol. The van der Waals surface area contributed by atoms with E-state index < -0.39 is 0 Å². The molecule has 2 rings (SSSR count). The molecular weight excluding hydrogens is 294 g/mol. The van der Waals surface area contributed by atoms with E-state index in [4.69, 9.17) is 0 Å². The Balaban J connectivity index is 1.53. The summed E-state index contributed by atoms with van der Waals surface area (Å²) in [5.41, 5.74) is 1.11. The van der Waals surface area contributed by atoms with Crippen LogP contribution in [0.5, 0.6) is 0 Å². The number of aromatic nitrogens is 1. The summed E-state index contributed by atoms with van der Waals surface area (Å²) >= 11 is 1.73. The lowest BCUT2D eigenvalue weighted by Gasteiger charge is -2.28. The molecule has 1 aliphatic heterocycles. The predicted octanol–water partition coefficient (Wildman–Crippen LogP) is 2.92. The van der Waals surface area contributed by atoms with Crippen molar-refractivity contribution >= 4 is 17.2 Å². The number of hydrogen-bond acceptors (Lipinski definition) is 4. The lowest BCUT2D eigenvalue weighted by molar-refractivity contribution is -0.122. The van der Waals surface area contributed by atoms with Crippen molar-refractivity contribution in [2.24, 2.45) is 11.8 Å². The topological polar surface area (TPSA) is 54.0 Å². The molecule has 1 aromatic heterocycles. The molecule has 0 saturated carbocycles. The van der Waals surface area contributed by atoms with E-state index in [9.17, 15) is 4.79 Å². The molecule has 0 aromatic carbocycles. The van der Waals surface area contributed by atoms with Crippen molar-refractivity contribution < 1.29 is 4.79 Å². The van der Waals surface area contributed by atoms with Gasteiger partial charge in [0.2, 0.25) is 5.91 Å². The molecule has 4 nitrogen and oxygen atoms in total. The summed E-state index contributed by atoms with van der Waals surface area (Å²) in [7, 11) is 0. The van der Waals surface area contributed by atoms with E-state index in [-0.39, 0.29) is 5.91 Å². The van der Waals surface area contributed by atoms with Gasteiger partial charge in [0.15, 0.2) is 0 Å². The van der Waals surface area contributed by atoms with Crippen molar-refractivity contribution in [3.05, 3.63) is 16.1 Å². The molecule has 2 atom stereocenters. The minimum Gasteiger partial charge on any atom is -0.356 e. The molecule has 1 aromatic rings. The zero-order chi connectivity index (χ0) is 15.8. The molecule has 1 aliphatic rings. The van der Waals surface area contributed by atoms with Gasteiger partial charge in [0.25, 0.3) is 0 Å². The number of amides is 1. The van der Waals surface area contributed by atoms with Gasteiger partial charge in [-0.25, -0.2) is 4.98 Å². The van der Waals surface area contributed by atoms with E-state index in [2.05, 4.69) is 27.9 Å². The zero-order valence-electron chi connectivity index (χ0n) is 13.9. The van der Waals surface area contributed by atoms with Crippen molar-refractivity contribution in [3.63, 3.8) is 0 Å². The maximum atomic E-state index is 12.0. The third kappa shape index (κ3) is 6.05. The van der Waals surface area contributed by atoms with Crippen molar-refractivity contribution in [2.75, 3.05) is 19.6 Å². The molecule has 2 unspecified atom stereocenters. The first-order valence-electron chi connectivity index (χ1n) is 8.53. The van der Waals surface area contributed by atoms with Crippen molar-refractivity contribution in [2.45, 2.75) is 52.4 Å². The smallest absolute Gasteiger partial charge is 0.220 e. The standard InChI is InChI=1S/C17H29N3OS/c1-13(15-6-5-8-18-11-15)10-16(21)19-9-4-3-7-17-20-14(2)12-22-17/h12-13,15,18H,3-11H2,1-2H3,(H,19,21). The number of aryl methyl sites for hydroxylation is 2. The Hall–Kier alpha value is -0.940. The van der Waals surface area contributed by atoms with Crippen LogP contribution in [0.4, 0.5) is 0 Å². The molecule has 0 radical (unpaired) electrons. The molecule has 5 heteroatoms. The number of hydrogen-bond donors (Lipinski definition) is 2. The molecule has 1 fully saturated rings. The molecule has 1 amide bonds. The first-order valence-corrected chi connectivity index (χ1v) is 9.41. The summed E-state index contributed by atoms with van der Waals surface area (Å²) < 4.78 is 0. The van der Waals surface area contributed by atoms with Crippen LogP contribution in [0.15, 0.2) is 5.38 Å². The summed E-state index contributed by atoms with van der Waals surface area (Å²) in [4.78, 5) is 16.5. The third-order valence-electron chi connectivity index (χ3n) is 4.45. The quantitative estimate of drug-likeness (QED) is 0.723. The highest BCUT2D eigenvalue weighted by Gasteiger charge is 2.21. The molecule has 22 heavy (non-hydrogen) atoms. The Bertz CT molecular complexity index is 455. The number of nitrogens with one attached hydrogen (secondary N) is 2. The van der Waals surface area contributed by atoms with Crippen LogP contribution in [0.25, 0.3) is 0 Å². The van der Waals surface area contributed by atoms with Gasteiger partial charge >= 0.3 is 0 Å². The summed E-state index contributed by atoms with van der Waals surface area (Å²) in [6, 6.07) is 0. The van der Waals surface area contributed by atoms with E-state index in [1.54, 1.807) is 11.3 Å². The second-order valence-corrected chi connectivity index (χ2v) is 7.42. The lowest BCUT2D eigenvalue weighted by Crippen LogP contribution is -2.35. The van der Waals surface area contributed by atoms with Crippen LogP contribution in [0.2, 0.25) is 0 Å². The first kappa shape index (κ1) is 17.4. The molecule has 2 N–H and O–H groups in total. The number of thiazole rings is 1. The van der Waals surface area contributed by atoms with Gasteiger partial charge in [-0.3, -0.25) is 4.79 Å². The van der Waals surface area contributed by atoms with E-state index in [0.717, 1.165) is 44.6 Å². The van der Waals surface area contributed by atoms with E-state index in [1.807, 2.05) is 6.92 Å². The maximum absolute atomic E-state index is 12.0. The fourth-order valence-corrected chi connectivity index (χ4v) is 3.86. The SMILES string of the molecule is Cc1csc(CCCCNC(=O)CC(C)C2CCCNC2)n1. The number of carbonyl (C=O) groups is 1. The Kier molecular flexibility index (Phi) is 7.33. The minimum absolute atomic E-state index is 0.211. The van der Waals surface area contributed by atoms with Gasteiger partial charge in [0, 0.05) is 24.0 Å². The highest BCUT2D eigenvalue weighted by Crippen LogP contribution is 2.22.